The Morgan fingerprint density at radius 1 is 1.19 bits per heavy atom. The van der Waals surface area contributed by atoms with Crippen LogP contribution in [0, 0.1) is 0 Å². The molecule has 2 aromatic rings. The normalized spacial score (nSPS) is 17.3. The van der Waals surface area contributed by atoms with E-state index >= 15 is 0 Å². The number of hydrogen-bond donors (Lipinski definition) is 2. The number of rotatable bonds is 4. The van der Waals surface area contributed by atoms with Crippen molar-refractivity contribution in [3.63, 3.8) is 0 Å². The average molecular weight is 322 g/mol. The molecule has 0 saturated heterocycles. The van der Waals surface area contributed by atoms with Gasteiger partial charge in [-0.05, 0) is 55.0 Å². The van der Waals surface area contributed by atoms with Crippen LogP contribution in [-0.4, -0.2) is 11.7 Å². The molecule has 0 bridgehead atoms. The minimum absolute atomic E-state index is 0.0811. The van der Waals surface area contributed by atoms with Gasteiger partial charge in [-0.1, -0.05) is 23.7 Å². The van der Waals surface area contributed by atoms with E-state index in [0.717, 1.165) is 23.3 Å². The second-order valence-electron chi connectivity index (χ2n) is 5.64. The Kier molecular flexibility index (Phi) is 4.65. The minimum Gasteiger partial charge on any atom is -0.387 e. The van der Waals surface area contributed by atoms with Crippen LogP contribution in [0.15, 0.2) is 30.3 Å². The van der Waals surface area contributed by atoms with Crippen molar-refractivity contribution in [2.24, 2.45) is 5.73 Å². The molecule has 4 heteroatoms. The van der Waals surface area contributed by atoms with E-state index in [4.69, 9.17) is 17.3 Å². The van der Waals surface area contributed by atoms with Crippen molar-refractivity contribution >= 4 is 22.9 Å². The fourth-order valence-electron chi connectivity index (χ4n) is 3.01. The van der Waals surface area contributed by atoms with Crippen molar-refractivity contribution in [3.8, 4) is 0 Å². The van der Waals surface area contributed by atoms with Crippen LogP contribution in [0.25, 0.3) is 0 Å². The summed E-state index contributed by atoms with van der Waals surface area (Å²) >= 11 is 7.69. The third-order valence-electron chi connectivity index (χ3n) is 4.24. The molecule has 112 valence electrons. The van der Waals surface area contributed by atoms with E-state index in [1.165, 1.54) is 23.3 Å². The number of thiophene rings is 1. The number of fused-ring (bicyclic) bond motifs is 1. The number of benzene rings is 1. The van der Waals surface area contributed by atoms with Gasteiger partial charge in [0.05, 0.1) is 6.10 Å². The molecule has 3 rings (SSSR count). The Labute approximate surface area is 134 Å². The highest BCUT2D eigenvalue weighted by Crippen LogP contribution is 2.38. The second kappa shape index (κ2) is 6.49. The molecular formula is C17H20ClNOS. The molecule has 1 aromatic heterocycles. The molecule has 1 aliphatic carbocycles. The molecule has 2 unspecified atom stereocenters. The van der Waals surface area contributed by atoms with Crippen LogP contribution in [-0.2, 0) is 12.8 Å². The number of nitrogens with two attached hydrogens (primary N) is 1. The van der Waals surface area contributed by atoms with E-state index < -0.39 is 6.10 Å². The highest BCUT2D eigenvalue weighted by Gasteiger charge is 2.25. The summed E-state index contributed by atoms with van der Waals surface area (Å²) in [5.74, 6) is -0.0811. The SMILES string of the molecule is NCC(c1ccc(Cl)cc1)C(O)c1cc2c(s1)CCCC2. The topological polar surface area (TPSA) is 46.2 Å². The third-order valence-corrected chi connectivity index (χ3v) is 5.80. The van der Waals surface area contributed by atoms with Crippen molar-refractivity contribution in [3.05, 3.63) is 56.2 Å². The summed E-state index contributed by atoms with van der Waals surface area (Å²) in [5.41, 5.74) is 8.38. The standard InChI is InChI=1S/C17H20ClNOS/c18-13-7-5-11(6-8-13)14(10-19)17(20)16-9-12-3-1-2-4-15(12)21-16/h5-9,14,17,20H,1-4,10,19H2. The molecular weight excluding hydrogens is 302 g/mol. The number of aryl methyl sites for hydroxylation is 2. The van der Waals surface area contributed by atoms with Crippen LogP contribution in [0.4, 0.5) is 0 Å². The Bertz CT molecular complexity index is 584. The molecule has 0 saturated carbocycles. The van der Waals surface area contributed by atoms with Crippen molar-refractivity contribution in [1.82, 2.24) is 0 Å². The molecule has 1 aliphatic rings. The molecule has 2 nitrogen and oxygen atoms in total. The Morgan fingerprint density at radius 3 is 2.57 bits per heavy atom. The van der Waals surface area contributed by atoms with E-state index in [1.807, 2.05) is 24.3 Å². The Morgan fingerprint density at radius 2 is 1.90 bits per heavy atom. The Balaban J connectivity index is 1.86. The number of hydrogen-bond acceptors (Lipinski definition) is 3. The van der Waals surface area contributed by atoms with Gasteiger partial charge >= 0.3 is 0 Å². The van der Waals surface area contributed by atoms with Crippen LogP contribution in [0.5, 0.6) is 0 Å². The van der Waals surface area contributed by atoms with E-state index in [1.54, 1.807) is 11.3 Å². The van der Waals surface area contributed by atoms with Crippen molar-refractivity contribution < 1.29 is 5.11 Å². The highest BCUT2D eigenvalue weighted by molar-refractivity contribution is 7.12. The molecule has 3 N–H and O–H groups in total. The minimum atomic E-state index is -0.535. The lowest BCUT2D eigenvalue weighted by Crippen LogP contribution is -2.19. The maximum Gasteiger partial charge on any atom is 0.0962 e. The lowest BCUT2D eigenvalue weighted by atomic mass is 9.91. The van der Waals surface area contributed by atoms with Crippen molar-refractivity contribution in [2.75, 3.05) is 6.54 Å². The van der Waals surface area contributed by atoms with Gasteiger partial charge in [-0.3, -0.25) is 0 Å². The van der Waals surface area contributed by atoms with E-state index in [-0.39, 0.29) is 5.92 Å². The van der Waals surface area contributed by atoms with E-state index in [0.29, 0.717) is 11.6 Å². The summed E-state index contributed by atoms with van der Waals surface area (Å²) in [4.78, 5) is 2.49. The molecule has 0 amide bonds. The molecule has 0 aliphatic heterocycles. The zero-order chi connectivity index (χ0) is 14.8. The van der Waals surface area contributed by atoms with Gasteiger partial charge in [0.2, 0.25) is 0 Å². The lowest BCUT2D eigenvalue weighted by molar-refractivity contribution is 0.151. The maximum atomic E-state index is 10.7. The van der Waals surface area contributed by atoms with Crippen LogP contribution >= 0.6 is 22.9 Å². The summed E-state index contributed by atoms with van der Waals surface area (Å²) in [6.07, 6.45) is 4.29. The highest BCUT2D eigenvalue weighted by atomic mass is 35.5. The first-order valence-corrected chi connectivity index (χ1v) is 8.63. The Hall–Kier alpha value is -0.870. The molecule has 1 aromatic carbocycles. The van der Waals surface area contributed by atoms with Gasteiger partial charge in [0.1, 0.15) is 0 Å². The van der Waals surface area contributed by atoms with Gasteiger partial charge in [0, 0.05) is 27.2 Å². The molecule has 2 atom stereocenters. The van der Waals surface area contributed by atoms with E-state index in [9.17, 15) is 5.11 Å². The zero-order valence-electron chi connectivity index (χ0n) is 11.9. The van der Waals surface area contributed by atoms with Gasteiger partial charge in [-0.15, -0.1) is 11.3 Å². The summed E-state index contributed by atoms with van der Waals surface area (Å²) in [6.45, 7) is 0.422. The largest absolute Gasteiger partial charge is 0.387 e. The van der Waals surface area contributed by atoms with Gasteiger partial charge in [0.25, 0.3) is 0 Å². The molecule has 0 radical (unpaired) electrons. The number of halogens is 1. The van der Waals surface area contributed by atoms with Crippen LogP contribution in [0.2, 0.25) is 5.02 Å². The molecule has 0 spiro atoms. The van der Waals surface area contributed by atoms with Crippen molar-refractivity contribution in [2.45, 2.75) is 37.7 Å². The summed E-state index contributed by atoms with van der Waals surface area (Å²) in [5, 5.41) is 11.5. The smallest absolute Gasteiger partial charge is 0.0962 e. The van der Waals surface area contributed by atoms with Gasteiger partial charge < -0.3 is 10.8 Å². The fourth-order valence-corrected chi connectivity index (χ4v) is 4.45. The second-order valence-corrected chi connectivity index (χ2v) is 7.25. The average Bonchev–Trinajstić information content (AvgIpc) is 2.93. The summed E-state index contributed by atoms with van der Waals surface area (Å²) in [6, 6.07) is 9.80. The summed E-state index contributed by atoms with van der Waals surface area (Å²) in [7, 11) is 0. The third kappa shape index (κ3) is 3.16. The first-order valence-electron chi connectivity index (χ1n) is 7.44. The first-order chi connectivity index (χ1) is 10.2. The fraction of sp³-hybridized carbons (Fsp3) is 0.412. The predicted octanol–water partition coefficient (Wildman–Crippen LogP) is 4.06. The van der Waals surface area contributed by atoms with Gasteiger partial charge in [-0.2, -0.15) is 0 Å². The van der Waals surface area contributed by atoms with Gasteiger partial charge in [0.15, 0.2) is 0 Å². The first kappa shape index (κ1) is 15.0. The summed E-state index contributed by atoms with van der Waals surface area (Å²) < 4.78 is 0. The number of aliphatic hydroxyl groups excluding tert-OH is 1. The number of aliphatic hydroxyl groups is 1. The lowest BCUT2D eigenvalue weighted by Gasteiger charge is -2.21. The van der Waals surface area contributed by atoms with Crippen LogP contribution < -0.4 is 5.73 Å². The molecule has 1 heterocycles. The molecule has 0 fully saturated rings. The predicted molar refractivity (Wildman–Crippen MR) is 89.2 cm³/mol. The van der Waals surface area contributed by atoms with Crippen LogP contribution in [0.3, 0.4) is 0 Å². The maximum absolute atomic E-state index is 10.7. The molecule has 21 heavy (non-hydrogen) atoms. The van der Waals surface area contributed by atoms with Gasteiger partial charge in [-0.25, -0.2) is 0 Å². The van der Waals surface area contributed by atoms with E-state index in [2.05, 4.69) is 6.07 Å². The monoisotopic (exact) mass is 321 g/mol. The quantitative estimate of drug-likeness (QED) is 0.892. The zero-order valence-corrected chi connectivity index (χ0v) is 13.5. The van der Waals surface area contributed by atoms with Crippen molar-refractivity contribution in [1.29, 1.82) is 0 Å². The van der Waals surface area contributed by atoms with Crippen LogP contribution in [0.1, 0.15) is 45.7 Å².